The van der Waals surface area contributed by atoms with Crippen LogP contribution in [-0.2, 0) is 9.59 Å². The number of carbonyl (C=O) groups excluding carboxylic acids is 4. The fourth-order valence-electron chi connectivity index (χ4n) is 2.80. The first kappa shape index (κ1) is 22.3. The van der Waals surface area contributed by atoms with Crippen molar-refractivity contribution < 1.29 is 23.9 Å². The largest absolute Gasteiger partial charge is 0.484 e. The van der Waals surface area contributed by atoms with Gasteiger partial charge >= 0.3 is 0 Å². The molecule has 0 radical (unpaired) electrons. The SMILES string of the molecule is CC(=O)c1ccc(OCC(=O)NCCN2C(=O)S/C(=C\c3ccc(C)cc3)C2=O)cc1. The third-order valence-corrected chi connectivity index (χ3v) is 5.44. The highest BCUT2D eigenvalue weighted by atomic mass is 32.2. The molecule has 3 rings (SSSR count). The van der Waals surface area contributed by atoms with Crippen LogP contribution < -0.4 is 10.1 Å². The third kappa shape index (κ3) is 6.05. The van der Waals surface area contributed by atoms with Gasteiger partial charge in [-0.25, -0.2) is 0 Å². The summed E-state index contributed by atoms with van der Waals surface area (Å²) in [4.78, 5) is 49.4. The van der Waals surface area contributed by atoms with E-state index in [1.54, 1.807) is 30.3 Å². The van der Waals surface area contributed by atoms with Crippen LogP contribution in [0.5, 0.6) is 5.75 Å². The highest BCUT2D eigenvalue weighted by molar-refractivity contribution is 8.18. The van der Waals surface area contributed by atoms with Gasteiger partial charge in [0, 0.05) is 18.7 Å². The van der Waals surface area contributed by atoms with Crippen molar-refractivity contribution in [3.05, 3.63) is 70.1 Å². The maximum atomic E-state index is 12.5. The minimum atomic E-state index is -0.377. The Balaban J connectivity index is 1.45. The van der Waals surface area contributed by atoms with Gasteiger partial charge in [0.1, 0.15) is 5.75 Å². The van der Waals surface area contributed by atoms with E-state index in [0.29, 0.717) is 16.2 Å². The lowest BCUT2D eigenvalue weighted by Crippen LogP contribution is -2.38. The number of Topliss-reactive ketones (excluding diaryl/α,β-unsaturated/α-hetero) is 1. The van der Waals surface area contributed by atoms with E-state index < -0.39 is 0 Å². The Morgan fingerprint density at radius 2 is 1.74 bits per heavy atom. The van der Waals surface area contributed by atoms with E-state index in [1.165, 1.54) is 6.92 Å². The topological polar surface area (TPSA) is 92.8 Å². The summed E-state index contributed by atoms with van der Waals surface area (Å²) in [5, 5.41) is 2.27. The number of ether oxygens (including phenoxy) is 1. The van der Waals surface area contributed by atoms with Crippen molar-refractivity contribution in [2.75, 3.05) is 19.7 Å². The highest BCUT2D eigenvalue weighted by Gasteiger charge is 2.34. The number of ketones is 1. The molecule has 0 aromatic heterocycles. The van der Waals surface area contributed by atoms with Gasteiger partial charge in [-0.1, -0.05) is 29.8 Å². The summed E-state index contributed by atoms with van der Waals surface area (Å²) in [5.41, 5.74) is 2.52. The van der Waals surface area contributed by atoms with E-state index in [1.807, 2.05) is 31.2 Å². The molecule has 3 amide bonds. The number of carbonyl (C=O) groups is 4. The van der Waals surface area contributed by atoms with Gasteiger partial charge in [-0.15, -0.1) is 0 Å². The van der Waals surface area contributed by atoms with Crippen LogP contribution in [0.25, 0.3) is 6.08 Å². The van der Waals surface area contributed by atoms with Gasteiger partial charge in [-0.05, 0) is 61.5 Å². The van der Waals surface area contributed by atoms with E-state index >= 15 is 0 Å². The molecule has 1 fully saturated rings. The monoisotopic (exact) mass is 438 g/mol. The summed E-state index contributed by atoms with van der Waals surface area (Å²) in [5.74, 6) is -0.331. The Hall–Kier alpha value is -3.39. The van der Waals surface area contributed by atoms with Crippen LogP contribution in [0.15, 0.2) is 53.4 Å². The molecule has 1 heterocycles. The molecule has 0 unspecified atom stereocenters. The van der Waals surface area contributed by atoms with Gasteiger partial charge in [0.05, 0.1) is 4.91 Å². The van der Waals surface area contributed by atoms with E-state index in [2.05, 4.69) is 5.32 Å². The molecule has 0 saturated carbocycles. The van der Waals surface area contributed by atoms with Crippen LogP contribution >= 0.6 is 11.8 Å². The Bertz CT molecular complexity index is 1030. The fourth-order valence-corrected chi connectivity index (χ4v) is 3.66. The molecule has 1 saturated heterocycles. The molecule has 0 bridgehead atoms. The maximum Gasteiger partial charge on any atom is 0.293 e. The van der Waals surface area contributed by atoms with Crippen LogP contribution in [0.1, 0.15) is 28.4 Å². The molecule has 2 aromatic carbocycles. The zero-order chi connectivity index (χ0) is 22.4. The Kier molecular flexibility index (Phi) is 7.25. The van der Waals surface area contributed by atoms with Gasteiger partial charge in [0.15, 0.2) is 12.4 Å². The van der Waals surface area contributed by atoms with Crippen molar-refractivity contribution in [2.45, 2.75) is 13.8 Å². The summed E-state index contributed by atoms with van der Waals surface area (Å²) in [6.45, 7) is 3.44. The number of nitrogens with zero attached hydrogens (tertiary/aromatic N) is 1. The molecular formula is C23H22N2O5S. The minimum Gasteiger partial charge on any atom is -0.484 e. The molecule has 1 aliphatic heterocycles. The van der Waals surface area contributed by atoms with Gasteiger partial charge in [0.25, 0.3) is 17.1 Å². The van der Waals surface area contributed by atoms with Gasteiger partial charge < -0.3 is 10.1 Å². The number of thioether (sulfide) groups is 1. The lowest BCUT2D eigenvalue weighted by atomic mass is 10.1. The smallest absolute Gasteiger partial charge is 0.293 e. The third-order valence-electron chi connectivity index (χ3n) is 4.54. The van der Waals surface area contributed by atoms with Crippen LogP contribution in [-0.4, -0.2) is 47.4 Å². The lowest BCUT2D eigenvalue weighted by molar-refractivity contribution is -0.125. The van der Waals surface area contributed by atoms with E-state index in [9.17, 15) is 19.2 Å². The second-order valence-electron chi connectivity index (χ2n) is 6.96. The Morgan fingerprint density at radius 1 is 1.06 bits per heavy atom. The number of hydrogen-bond donors (Lipinski definition) is 1. The zero-order valence-corrected chi connectivity index (χ0v) is 18.0. The molecule has 0 atom stereocenters. The molecular weight excluding hydrogens is 416 g/mol. The minimum absolute atomic E-state index is 0.0506. The number of hydrogen-bond acceptors (Lipinski definition) is 6. The predicted molar refractivity (Wildman–Crippen MR) is 119 cm³/mol. The molecule has 0 spiro atoms. The van der Waals surface area contributed by atoms with Crippen molar-refractivity contribution in [3.63, 3.8) is 0 Å². The molecule has 8 heteroatoms. The first-order chi connectivity index (χ1) is 14.8. The molecule has 2 aromatic rings. The van der Waals surface area contributed by atoms with Crippen LogP contribution in [0.2, 0.25) is 0 Å². The van der Waals surface area contributed by atoms with Crippen molar-refractivity contribution in [3.8, 4) is 5.75 Å². The summed E-state index contributed by atoms with van der Waals surface area (Å²) < 4.78 is 5.38. The number of imide groups is 1. The number of aryl methyl sites for hydroxylation is 1. The van der Waals surface area contributed by atoms with Crippen molar-refractivity contribution in [2.24, 2.45) is 0 Å². The number of amides is 3. The average molecular weight is 439 g/mol. The van der Waals surface area contributed by atoms with E-state index in [-0.39, 0.29) is 42.5 Å². The van der Waals surface area contributed by atoms with Crippen molar-refractivity contribution in [1.29, 1.82) is 0 Å². The number of nitrogens with one attached hydrogen (secondary N) is 1. The van der Waals surface area contributed by atoms with E-state index in [0.717, 1.165) is 27.8 Å². The molecule has 1 aliphatic rings. The molecule has 31 heavy (non-hydrogen) atoms. The van der Waals surface area contributed by atoms with Crippen LogP contribution in [0, 0.1) is 6.92 Å². The highest BCUT2D eigenvalue weighted by Crippen LogP contribution is 2.31. The molecule has 1 N–H and O–H groups in total. The first-order valence-electron chi connectivity index (χ1n) is 9.66. The quantitative estimate of drug-likeness (QED) is 0.501. The zero-order valence-electron chi connectivity index (χ0n) is 17.2. The van der Waals surface area contributed by atoms with Gasteiger partial charge in [-0.3, -0.25) is 24.1 Å². The number of benzene rings is 2. The average Bonchev–Trinajstić information content (AvgIpc) is 3.01. The summed E-state index contributed by atoms with van der Waals surface area (Å²) in [6, 6.07) is 14.1. The Morgan fingerprint density at radius 3 is 2.39 bits per heavy atom. The molecule has 7 nitrogen and oxygen atoms in total. The second kappa shape index (κ2) is 10.1. The van der Waals surface area contributed by atoms with Gasteiger partial charge in [-0.2, -0.15) is 0 Å². The summed E-state index contributed by atoms with van der Waals surface area (Å²) in [7, 11) is 0. The van der Waals surface area contributed by atoms with Gasteiger partial charge in [0.2, 0.25) is 0 Å². The standard InChI is InChI=1S/C23H22N2O5S/c1-15-3-5-17(6-4-15)13-20-22(28)25(23(29)31-20)12-11-24-21(27)14-30-19-9-7-18(8-10-19)16(2)26/h3-10,13H,11-12,14H2,1-2H3,(H,24,27)/b20-13-. The van der Waals surface area contributed by atoms with E-state index in [4.69, 9.17) is 4.74 Å². The number of rotatable bonds is 8. The van der Waals surface area contributed by atoms with Crippen LogP contribution in [0.4, 0.5) is 4.79 Å². The fraction of sp³-hybridized carbons (Fsp3) is 0.217. The summed E-state index contributed by atoms with van der Waals surface area (Å²) in [6.07, 6.45) is 1.69. The van der Waals surface area contributed by atoms with Crippen molar-refractivity contribution in [1.82, 2.24) is 10.2 Å². The first-order valence-corrected chi connectivity index (χ1v) is 10.5. The van der Waals surface area contributed by atoms with Crippen molar-refractivity contribution >= 4 is 40.7 Å². The summed E-state index contributed by atoms with van der Waals surface area (Å²) >= 11 is 0.887. The Labute approximate surface area is 184 Å². The lowest BCUT2D eigenvalue weighted by Gasteiger charge is -2.13. The van der Waals surface area contributed by atoms with Crippen LogP contribution in [0.3, 0.4) is 0 Å². The normalized spacial score (nSPS) is 14.8. The predicted octanol–water partition coefficient (Wildman–Crippen LogP) is 3.43. The molecule has 0 aliphatic carbocycles. The second-order valence-corrected chi connectivity index (χ2v) is 7.96. The maximum absolute atomic E-state index is 12.5. The molecule has 160 valence electrons.